The predicted molar refractivity (Wildman–Crippen MR) is 29.5 cm³/mol. The zero-order chi connectivity index (χ0) is 6.69. The zero-order valence-corrected chi connectivity index (χ0v) is 4.96. The van der Waals surface area contributed by atoms with Crippen LogP contribution in [0.1, 0.15) is 6.42 Å². The van der Waals surface area contributed by atoms with Gasteiger partial charge in [-0.2, -0.15) is 5.26 Å². The standard InChI is InChI=1S/C6H7NO2/c7-3-5-1-2-9-4-6(5)8/h5H,1-2,4H2. The average molecular weight is 125 g/mol. The lowest BCUT2D eigenvalue weighted by Gasteiger charge is -2.13. The van der Waals surface area contributed by atoms with Gasteiger partial charge in [-0.05, 0) is 6.42 Å². The van der Waals surface area contributed by atoms with E-state index in [1.165, 1.54) is 0 Å². The van der Waals surface area contributed by atoms with Crippen LogP contribution in [-0.4, -0.2) is 19.0 Å². The van der Waals surface area contributed by atoms with Crippen molar-refractivity contribution in [2.24, 2.45) is 5.92 Å². The van der Waals surface area contributed by atoms with Gasteiger partial charge in [-0.3, -0.25) is 4.79 Å². The summed E-state index contributed by atoms with van der Waals surface area (Å²) in [5.41, 5.74) is 0. The zero-order valence-electron chi connectivity index (χ0n) is 4.96. The molecule has 1 saturated heterocycles. The maximum absolute atomic E-state index is 10.7. The number of ether oxygens (including phenoxy) is 1. The van der Waals surface area contributed by atoms with E-state index in [9.17, 15) is 4.79 Å². The largest absolute Gasteiger partial charge is 0.374 e. The Morgan fingerprint density at radius 1 is 1.78 bits per heavy atom. The number of ketones is 1. The molecule has 1 rings (SSSR count). The third kappa shape index (κ3) is 1.27. The topological polar surface area (TPSA) is 50.1 Å². The van der Waals surface area contributed by atoms with E-state index in [-0.39, 0.29) is 12.4 Å². The lowest BCUT2D eigenvalue weighted by Crippen LogP contribution is -2.25. The summed E-state index contributed by atoms with van der Waals surface area (Å²) in [5, 5.41) is 8.34. The number of hydrogen-bond acceptors (Lipinski definition) is 3. The Morgan fingerprint density at radius 2 is 2.56 bits per heavy atom. The molecular weight excluding hydrogens is 118 g/mol. The van der Waals surface area contributed by atoms with Crippen LogP contribution in [0.25, 0.3) is 0 Å². The number of carbonyl (C=O) groups is 1. The van der Waals surface area contributed by atoms with Crippen LogP contribution >= 0.6 is 0 Å². The van der Waals surface area contributed by atoms with Gasteiger partial charge in [-0.15, -0.1) is 0 Å². The van der Waals surface area contributed by atoms with Crippen LogP contribution in [0.3, 0.4) is 0 Å². The third-order valence-corrected chi connectivity index (χ3v) is 1.34. The smallest absolute Gasteiger partial charge is 0.175 e. The Bertz CT molecular complexity index is 159. The van der Waals surface area contributed by atoms with Gasteiger partial charge in [0.25, 0.3) is 0 Å². The monoisotopic (exact) mass is 125 g/mol. The first kappa shape index (κ1) is 6.24. The van der Waals surface area contributed by atoms with E-state index in [0.29, 0.717) is 13.0 Å². The fraction of sp³-hybridized carbons (Fsp3) is 0.667. The normalized spacial score (nSPS) is 27.4. The van der Waals surface area contributed by atoms with Crippen molar-refractivity contribution in [1.29, 1.82) is 5.26 Å². The Labute approximate surface area is 53.2 Å². The second-order valence-electron chi connectivity index (χ2n) is 1.99. The SMILES string of the molecule is N#CC1CCOCC1=O. The number of nitrogens with zero attached hydrogens (tertiary/aromatic N) is 1. The van der Waals surface area contributed by atoms with Gasteiger partial charge < -0.3 is 4.74 Å². The highest BCUT2D eigenvalue weighted by atomic mass is 16.5. The molecule has 0 aromatic heterocycles. The van der Waals surface area contributed by atoms with Gasteiger partial charge in [-0.25, -0.2) is 0 Å². The van der Waals surface area contributed by atoms with Gasteiger partial charge in [0.05, 0.1) is 6.07 Å². The molecule has 0 bridgehead atoms. The van der Waals surface area contributed by atoms with Crippen molar-refractivity contribution in [3.8, 4) is 6.07 Å². The molecule has 1 fully saturated rings. The maximum atomic E-state index is 10.7. The predicted octanol–water partition coefficient (Wildman–Crippen LogP) is 0.116. The number of hydrogen-bond donors (Lipinski definition) is 0. The molecule has 0 aromatic carbocycles. The molecule has 1 heterocycles. The van der Waals surface area contributed by atoms with E-state index in [1.54, 1.807) is 0 Å². The molecule has 0 saturated carbocycles. The minimum absolute atomic E-state index is 0.0799. The molecule has 9 heavy (non-hydrogen) atoms. The number of nitriles is 1. The van der Waals surface area contributed by atoms with Crippen LogP contribution in [0, 0.1) is 17.2 Å². The molecule has 3 heteroatoms. The molecule has 0 amide bonds. The molecule has 1 aliphatic heterocycles. The Hall–Kier alpha value is -0.880. The highest BCUT2D eigenvalue weighted by Crippen LogP contribution is 2.08. The summed E-state index contributed by atoms with van der Waals surface area (Å²) < 4.78 is 4.81. The first-order chi connectivity index (χ1) is 4.34. The number of rotatable bonds is 0. The van der Waals surface area contributed by atoms with E-state index in [1.807, 2.05) is 6.07 Å². The van der Waals surface area contributed by atoms with Gasteiger partial charge in [0, 0.05) is 6.61 Å². The molecule has 0 radical (unpaired) electrons. The molecule has 0 N–H and O–H groups in total. The van der Waals surface area contributed by atoms with Crippen LogP contribution < -0.4 is 0 Å². The van der Waals surface area contributed by atoms with Crippen LogP contribution in [0.4, 0.5) is 0 Å². The molecule has 1 unspecified atom stereocenters. The summed E-state index contributed by atoms with van der Waals surface area (Å²) in [4.78, 5) is 10.7. The first-order valence-electron chi connectivity index (χ1n) is 2.84. The van der Waals surface area contributed by atoms with Gasteiger partial charge >= 0.3 is 0 Å². The lowest BCUT2D eigenvalue weighted by atomic mass is 10.0. The van der Waals surface area contributed by atoms with Gasteiger partial charge in [0.1, 0.15) is 12.5 Å². The highest BCUT2D eigenvalue weighted by molar-refractivity contribution is 5.84. The molecule has 3 nitrogen and oxygen atoms in total. The van der Waals surface area contributed by atoms with Crippen molar-refractivity contribution in [3.63, 3.8) is 0 Å². The minimum atomic E-state index is -0.404. The Morgan fingerprint density at radius 3 is 3.00 bits per heavy atom. The minimum Gasteiger partial charge on any atom is -0.374 e. The molecule has 1 aliphatic rings. The van der Waals surface area contributed by atoms with Crippen LogP contribution in [0.5, 0.6) is 0 Å². The Balaban J connectivity index is 2.51. The summed E-state index contributed by atoms with van der Waals surface area (Å²) in [6.45, 7) is 0.669. The summed E-state index contributed by atoms with van der Waals surface area (Å²) in [6.07, 6.45) is 0.565. The quantitative estimate of drug-likeness (QED) is 0.462. The fourth-order valence-corrected chi connectivity index (χ4v) is 0.772. The Kier molecular flexibility index (Phi) is 1.81. The summed E-state index contributed by atoms with van der Waals surface area (Å²) in [7, 11) is 0. The second kappa shape index (κ2) is 2.60. The van der Waals surface area contributed by atoms with E-state index in [2.05, 4.69) is 0 Å². The fourth-order valence-electron chi connectivity index (χ4n) is 0.772. The summed E-state index contributed by atoms with van der Waals surface area (Å²) in [5.74, 6) is -0.484. The van der Waals surface area contributed by atoms with Crippen molar-refractivity contribution in [2.75, 3.05) is 13.2 Å². The van der Waals surface area contributed by atoms with Gasteiger partial charge in [-0.1, -0.05) is 0 Å². The third-order valence-electron chi connectivity index (χ3n) is 1.34. The molecule has 48 valence electrons. The van der Waals surface area contributed by atoms with E-state index in [4.69, 9.17) is 10.00 Å². The molecule has 1 atom stereocenters. The van der Waals surface area contributed by atoms with Crippen molar-refractivity contribution in [3.05, 3.63) is 0 Å². The van der Waals surface area contributed by atoms with E-state index in [0.717, 1.165) is 0 Å². The molecule has 0 spiro atoms. The second-order valence-corrected chi connectivity index (χ2v) is 1.99. The van der Waals surface area contributed by atoms with Crippen molar-refractivity contribution in [2.45, 2.75) is 6.42 Å². The lowest BCUT2D eigenvalue weighted by molar-refractivity contribution is -0.130. The number of Topliss-reactive ketones (excluding diaryl/α,β-unsaturated/α-hetero) is 1. The van der Waals surface area contributed by atoms with Crippen molar-refractivity contribution < 1.29 is 9.53 Å². The van der Waals surface area contributed by atoms with Crippen LogP contribution in [-0.2, 0) is 9.53 Å². The maximum Gasteiger partial charge on any atom is 0.175 e. The van der Waals surface area contributed by atoms with E-state index >= 15 is 0 Å². The van der Waals surface area contributed by atoms with Crippen molar-refractivity contribution >= 4 is 5.78 Å². The van der Waals surface area contributed by atoms with E-state index < -0.39 is 5.92 Å². The first-order valence-corrected chi connectivity index (χ1v) is 2.84. The molecular formula is C6H7NO2. The van der Waals surface area contributed by atoms with Gasteiger partial charge in [0.2, 0.25) is 0 Å². The summed E-state index contributed by atoms with van der Waals surface area (Å²) in [6, 6.07) is 1.92. The summed E-state index contributed by atoms with van der Waals surface area (Å²) >= 11 is 0. The van der Waals surface area contributed by atoms with Crippen molar-refractivity contribution in [1.82, 2.24) is 0 Å². The van der Waals surface area contributed by atoms with Crippen LogP contribution in [0.2, 0.25) is 0 Å². The number of carbonyl (C=O) groups excluding carboxylic acids is 1. The average Bonchev–Trinajstić information content (AvgIpc) is 1.89. The highest BCUT2D eigenvalue weighted by Gasteiger charge is 2.21. The molecule has 0 aromatic rings. The van der Waals surface area contributed by atoms with Gasteiger partial charge in [0.15, 0.2) is 5.78 Å². The molecule has 0 aliphatic carbocycles. The van der Waals surface area contributed by atoms with Crippen LogP contribution in [0.15, 0.2) is 0 Å².